The molecule has 0 spiro atoms. The molecule has 0 radical (unpaired) electrons. The van der Waals surface area contributed by atoms with Crippen LogP contribution in [0.5, 0.6) is 5.75 Å². The van der Waals surface area contributed by atoms with Gasteiger partial charge in [-0.05, 0) is 29.8 Å². The van der Waals surface area contributed by atoms with Gasteiger partial charge in [0.05, 0.1) is 38.8 Å². The Bertz CT molecular complexity index is 1380. The molecule has 0 unspecified atom stereocenters. The molecule has 1 aromatic carbocycles. The molecule has 1 fully saturated rings. The summed E-state index contributed by atoms with van der Waals surface area (Å²) in [6, 6.07) is 11.1. The minimum atomic E-state index is -0.109. The van der Waals surface area contributed by atoms with Crippen molar-refractivity contribution in [2.75, 3.05) is 38.3 Å². The second-order valence-corrected chi connectivity index (χ2v) is 8.76. The van der Waals surface area contributed by atoms with Crippen molar-refractivity contribution in [3.63, 3.8) is 0 Å². The number of ether oxygens (including phenoxy) is 2. The highest BCUT2D eigenvalue weighted by atomic mass is 35.5. The molecule has 33 heavy (non-hydrogen) atoms. The Kier molecular flexibility index (Phi) is 6.05. The van der Waals surface area contributed by atoms with E-state index < -0.39 is 0 Å². The number of morpholine rings is 1. The van der Waals surface area contributed by atoms with Gasteiger partial charge in [-0.1, -0.05) is 30.5 Å². The Labute approximate surface area is 201 Å². The molecule has 1 aliphatic rings. The summed E-state index contributed by atoms with van der Waals surface area (Å²) in [7, 11) is 1.59. The van der Waals surface area contributed by atoms with E-state index in [-0.39, 0.29) is 5.56 Å². The summed E-state index contributed by atoms with van der Waals surface area (Å²) in [5.41, 5.74) is 4.29. The normalized spacial score (nSPS) is 14.1. The van der Waals surface area contributed by atoms with Crippen molar-refractivity contribution >= 4 is 41.1 Å². The summed E-state index contributed by atoms with van der Waals surface area (Å²) in [6.07, 6.45) is 5.56. The average molecular weight is 483 g/mol. The Morgan fingerprint density at radius 1 is 1.18 bits per heavy atom. The third-order valence-electron chi connectivity index (χ3n) is 5.88. The first kappa shape index (κ1) is 21.9. The van der Waals surface area contributed by atoms with Crippen LogP contribution in [0.4, 0.5) is 5.69 Å². The number of aromatic nitrogens is 3. The van der Waals surface area contributed by atoms with Crippen LogP contribution in [0.1, 0.15) is 5.56 Å². The van der Waals surface area contributed by atoms with Gasteiger partial charge in [0.25, 0.3) is 5.56 Å². The van der Waals surface area contributed by atoms with Crippen LogP contribution < -0.4 is 15.2 Å². The first-order chi connectivity index (χ1) is 16.0. The monoisotopic (exact) mass is 482 g/mol. The number of pyridine rings is 2. The van der Waals surface area contributed by atoms with Crippen molar-refractivity contribution in [2.45, 2.75) is 6.54 Å². The highest BCUT2D eigenvalue weighted by molar-refractivity contribution is 7.78. The van der Waals surface area contributed by atoms with E-state index in [4.69, 9.17) is 21.1 Å². The average Bonchev–Trinajstić information content (AvgIpc) is 3.17. The van der Waals surface area contributed by atoms with Gasteiger partial charge < -0.3 is 18.9 Å². The summed E-state index contributed by atoms with van der Waals surface area (Å²) in [5.74, 6) is 0.651. The van der Waals surface area contributed by atoms with Crippen molar-refractivity contribution in [3.8, 4) is 16.9 Å². The number of nitrogens with zero attached hydrogens (tertiary/aromatic N) is 4. The largest absolute Gasteiger partial charge is 0.496 e. The van der Waals surface area contributed by atoms with Crippen LogP contribution in [0.15, 0.2) is 59.8 Å². The Morgan fingerprint density at radius 2 is 2.00 bits per heavy atom. The zero-order valence-electron chi connectivity index (χ0n) is 18.1. The molecule has 7 nitrogen and oxygen atoms in total. The SMILES string of the molecule is COc1cc(Cl)ccc1Cn1ccc(-c2cn(S)c3ncc(N4CCOCC4)cc23)cc1=O. The molecule has 0 aliphatic carbocycles. The molecular formula is C24H23ClN4O3S. The Morgan fingerprint density at radius 3 is 2.76 bits per heavy atom. The van der Waals surface area contributed by atoms with Crippen molar-refractivity contribution < 1.29 is 9.47 Å². The standard InChI is InChI=1S/C24H23ClN4O3S/c1-31-22-11-18(25)3-2-17(22)14-28-5-4-16(10-23(28)30)21-15-29(33)24-20(21)12-19(13-26-24)27-6-8-32-9-7-27/h2-5,10-13,15,33H,6-9,14H2,1H3. The molecule has 5 rings (SSSR count). The smallest absolute Gasteiger partial charge is 0.251 e. The van der Waals surface area contributed by atoms with Gasteiger partial charge in [-0.3, -0.25) is 8.77 Å². The van der Waals surface area contributed by atoms with E-state index in [1.54, 1.807) is 40.0 Å². The van der Waals surface area contributed by atoms with Crippen molar-refractivity contribution in [1.82, 2.24) is 13.5 Å². The number of anilines is 1. The fourth-order valence-corrected chi connectivity index (χ4v) is 4.58. The fourth-order valence-electron chi connectivity index (χ4n) is 4.14. The Hall–Kier alpha value is -2.94. The zero-order valence-corrected chi connectivity index (χ0v) is 19.7. The number of benzene rings is 1. The highest BCUT2D eigenvalue weighted by Crippen LogP contribution is 2.32. The lowest BCUT2D eigenvalue weighted by Gasteiger charge is -2.28. The zero-order chi connectivity index (χ0) is 22.9. The van der Waals surface area contributed by atoms with Gasteiger partial charge in [-0.2, -0.15) is 0 Å². The molecule has 0 saturated carbocycles. The first-order valence-electron chi connectivity index (χ1n) is 10.6. The van der Waals surface area contributed by atoms with Crippen LogP contribution in [0.2, 0.25) is 5.02 Å². The summed E-state index contributed by atoms with van der Waals surface area (Å²) in [4.78, 5) is 19.9. The van der Waals surface area contributed by atoms with Gasteiger partial charge in [-0.25, -0.2) is 4.98 Å². The molecule has 0 atom stereocenters. The third-order valence-corrected chi connectivity index (χ3v) is 6.42. The fraction of sp³-hybridized carbons (Fsp3) is 0.250. The predicted molar refractivity (Wildman–Crippen MR) is 134 cm³/mol. The van der Waals surface area contributed by atoms with Gasteiger partial charge in [0.15, 0.2) is 5.65 Å². The van der Waals surface area contributed by atoms with Crippen molar-refractivity contribution in [2.24, 2.45) is 0 Å². The van der Waals surface area contributed by atoms with Gasteiger partial charge in [0.2, 0.25) is 0 Å². The molecule has 170 valence electrons. The quantitative estimate of drug-likeness (QED) is 0.434. The Balaban J connectivity index is 1.50. The highest BCUT2D eigenvalue weighted by Gasteiger charge is 2.16. The van der Waals surface area contributed by atoms with E-state index in [2.05, 4.69) is 28.8 Å². The van der Waals surface area contributed by atoms with E-state index in [9.17, 15) is 4.79 Å². The molecular weight excluding hydrogens is 460 g/mol. The minimum Gasteiger partial charge on any atom is -0.496 e. The maximum absolute atomic E-state index is 13.0. The molecule has 1 saturated heterocycles. The lowest BCUT2D eigenvalue weighted by molar-refractivity contribution is 0.122. The van der Waals surface area contributed by atoms with E-state index in [0.29, 0.717) is 30.5 Å². The molecule has 9 heteroatoms. The number of halogens is 1. The van der Waals surface area contributed by atoms with Crippen LogP contribution in [0.25, 0.3) is 22.2 Å². The number of fused-ring (bicyclic) bond motifs is 1. The summed E-state index contributed by atoms with van der Waals surface area (Å²) in [6.45, 7) is 3.45. The lowest BCUT2D eigenvalue weighted by atomic mass is 10.1. The lowest BCUT2D eigenvalue weighted by Crippen LogP contribution is -2.36. The van der Waals surface area contributed by atoms with E-state index in [1.165, 1.54) is 0 Å². The van der Waals surface area contributed by atoms with Gasteiger partial charge >= 0.3 is 0 Å². The van der Waals surface area contributed by atoms with Crippen molar-refractivity contribution in [1.29, 1.82) is 0 Å². The number of hydrogen-bond acceptors (Lipinski definition) is 6. The van der Waals surface area contributed by atoms with Crippen molar-refractivity contribution in [3.05, 3.63) is 75.9 Å². The van der Waals surface area contributed by atoms with Crippen LogP contribution in [0, 0.1) is 0 Å². The van der Waals surface area contributed by atoms with Crippen LogP contribution >= 0.6 is 24.4 Å². The maximum atomic E-state index is 13.0. The number of methoxy groups -OCH3 is 1. The van der Waals surface area contributed by atoms with Gasteiger partial charge in [0, 0.05) is 53.1 Å². The minimum absolute atomic E-state index is 0.109. The first-order valence-corrected chi connectivity index (χ1v) is 11.4. The molecule has 4 aromatic rings. The second kappa shape index (κ2) is 9.13. The molecule has 1 aliphatic heterocycles. The number of thiol groups is 1. The molecule has 3 aromatic heterocycles. The number of hydrogen-bond donors (Lipinski definition) is 1. The van der Waals surface area contributed by atoms with E-state index in [0.717, 1.165) is 46.5 Å². The van der Waals surface area contributed by atoms with E-state index >= 15 is 0 Å². The molecule has 0 bridgehead atoms. The van der Waals surface area contributed by atoms with Crippen LogP contribution in [-0.4, -0.2) is 46.9 Å². The molecule has 0 amide bonds. The number of rotatable bonds is 5. The van der Waals surface area contributed by atoms with Crippen LogP contribution in [0.3, 0.4) is 0 Å². The molecule has 4 heterocycles. The van der Waals surface area contributed by atoms with Gasteiger partial charge in [-0.15, -0.1) is 0 Å². The van der Waals surface area contributed by atoms with E-state index in [1.807, 2.05) is 24.5 Å². The summed E-state index contributed by atoms with van der Waals surface area (Å²) < 4.78 is 14.2. The maximum Gasteiger partial charge on any atom is 0.251 e. The summed E-state index contributed by atoms with van der Waals surface area (Å²) in [5, 5.41) is 1.54. The predicted octanol–water partition coefficient (Wildman–Crippen LogP) is 4.10. The molecule has 0 N–H and O–H groups in total. The summed E-state index contributed by atoms with van der Waals surface area (Å²) >= 11 is 10.6. The van der Waals surface area contributed by atoms with Crippen LogP contribution in [-0.2, 0) is 11.3 Å². The topological polar surface area (TPSA) is 61.5 Å². The second-order valence-electron chi connectivity index (χ2n) is 7.89. The third kappa shape index (κ3) is 4.34. The van der Waals surface area contributed by atoms with Gasteiger partial charge in [0.1, 0.15) is 5.75 Å².